The molecule has 2 unspecified atom stereocenters. The molecule has 1 amide bonds. The number of nitrogens with one attached hydrogen (secondary N) is 1. The van der Waals surface area contributed by atoms with E-state index in [1.165, 1.54) is 0 Å². The van der Waals surface area contributed by atoms with Crippen LogP contribution >= 0.6 is 24.2 Å². The quantitative estimate of drug-likeness (QED) is 0.754. The molecule has 2 aromatic rings. The van der Waals surface area contributed by atoms with Gasteiger partial charge in [0.25, 0.3) is 0 Å². The molecule has 3 N–H and O–H groups in total. The molecule has 0 aliphatic rings. The Morgan fingerprint density at radius 1 is 1.17 bits per heavy atom. The molecule has 2 atom stereocenters. The number of carbonyl (C=O) groups excluding carboxylic acids is 1. The zero-order valence-electron chi connectivity index (χ0n) is 13.4. The van der Waals surface area contributed by atoms with Crippen LogP contribution in [-0.4, -0.2) is 11.7 Å². The average molecular weight is 351 g/mol. The van der Waals surface area contributed by atoms with Gasteiger partial charge in [-0.3, -0.25) is 4.79 Å². The number of nitrogens with two attached hydrogens (primary N) is 1. The SMILES string of the molecule is CCSc1cccc(NC(=O)C(C)C(N)c2ccccc2)c1.Cl. The molecule has 124 valence electrons. The van der Waals surface area contributed by atoms with E-state index in [4.69, 9.17) is 5.73 Å². The maximum atomic E-state index is 12.4. The highest BCUT2D eigenvalue weighted by molar-refractivity contribution is 7.99. The van der Waals surface area contributed by atoms with Crippen molar-refractivity contribution >= 4 is 35.8 Å². The Hall–Kier alpha value is -1.49. The van der Waals surface area contributed by atoms with Crippen molar-refractivity contribution in [1.29, 1.82) is 0 Å². The third-order valence-corrected chi connectivity index (χ3v) is 4.43. The highest BCUT2D eigenvalue weighted by atomic mass is 35.5. The van der Waals surface area contributed by atoms with Gasteiger partial charge in [0.15, 0.2) is 0 Å². The summed E-state index contributed by atoms with van der Waals surface area (Å²) in [5.41, 5.74) is 7.99. The van der Waals surface area contributed by atoms with Crippen LogP contribution in [0.1, 0.15) is 25.5 Å². The van der Waals surface area contributed by atoms with Crippen LogP contribution in [0.3, 0.4) is 0 Å². The number of benzene rings is 2. The number of carbonyl (C=O) groups is 1. The summed E-state index contributed by atoms with van der Waals surface area (Å²) in [6.07, 6.45) is 0. The van der Waals surface area contributed by atoms with E-state index in [0.717, 1.165) is 21.9 Å². The van der Waals surface area contributed by atoms with Crippen LogP contribution < -0.4 is 11.1 Å². The number of thioether (sulfide) groups is 1. The van der Waals surface area contributed by atoms with E-state index in [-0.39, 0.29) is 30.3 Å². The number of anilines is 1. The van der Waals surface area contributed by atoms with E-state index in [0.29, 0.717) is 0 Å². The number of hydrogen-bond acceptors (Lipinski definition) is 3. The molecule has 3 nitrogen and oxygen atoms in total. The van der Waals surface area contributed by atoms with Crippen molar-refractivity contribution in [3.63, 3.8) is 0 Å². The maximum Gasteiger partial charge on any atom is 0.229 e. The van der Waals surface area contributed by atoms with Crippen molar-refractivity contribution in [2.75, 3.05) is 11.1 Å². The molecular weight excluding hydrogens is 328 g/mol. The smallest absolute Gasteiger partial charge is 0.229 e. The fourth-order valence-corrected chi connectivity index (χ4v) is 2.93. The van der Waals surface area contributed by atoms with Crippen LogP contribution in [0.25, 0.3) is 0 Å². The summed E-state index contributed by atoms with van der Waals surface area (Å²) >= 11 is 1.75. The largest absolute Gasteiger partial charge is 0.326 e. The molecule has 0 saturated carbocycles. The number of rotatable bonds is 6. The molecule has 5 heteroatoms. The molecule has 23 heavy (non-hydrogen) atoms. The Kier molecular flexibility index (Phi) is 8.17. The van der Waals surface area contributed by atoms with Gasteiger partial charge in [-0.15, -0.1) is 24.2 Å². The van der Waals surface area contributed by atoms with Crippen molar-refractivity contribution < 1.29 is 4.79 Å². The monoisotopic (exact) mass is 350 g/mol. The predicted octanol–water partition coefficient (Wildman–Crippen LogP) is 4.50. The molecule has 0 aliphatic carbocycles. The first-order chi connectivity index (χ1) is 10.6. The van der Waals surface area contributed by atoms with Crippen molar-refractivity contribution in [3.8, 4) is 0 Å². The highest BCUT2D eigenvalue weighted by Crippen LogP contribution is 2.23. The van der Waals surface area contributed by atoms with Crippen LogP contribution in [-0.2, 0) is 4.79 Å². The second-order valence-electron chi connectivity index (χ2n) is 5.18. The number of hydrogen-bond donors (Lipinski definition) is 2. The van der Waals surface area contributed by atoms with Crippen LogP contribution in [0.5, 0.6) is 0 Å². The molecule has 0 heterocycles. The minimum atomic E-state index is -0.311. The average Bonchev–Trinajstić information content (AvgIpc) is 2.55. The van der Waals surface area contributed by atoms with E-state index in [9.17, 15) is 4.79 Å². The fourth-order valence-electron chi connectivity index (χ4n) is 2.21. The number of amides is 1. The molecule has 2 aromatic carbocycles. The summed E-state index contributed by atoms with van der Waals surface area (Å²) < 4.78 is 0. The molecule has 2 rings (SSSR count). The van der Waals surface area contributed by atoms with Gasteiger partial charge in [0.2, 0.25) is 5.91 Å². The lowest BCUT2D eigenvalue weighted by Crippen LogP contribution is -2.30. The van der Waals surface area contributed by atoms with Crippen LogP contribution in [0, 0.1) is 5.92 Å². The zero-order valence-corrected chi connectivity index (χ0v) is 15.0. The van der Waals surface area contributed by atoms with E-state index in [1.54, 1.807) is 11.8 Å². The first-order valence-electron chi connectivity index (χ1n) is 7.46. The predicted molar refractivity (Wildman–Crippen MR) is 101 cm³/mol. The Labute approximate surface area is 148 Å². The van der Waals surface area contributed by atoms with Gasteiger partial charge in [-0.05, 0) is 29.5 Å². The normalized spacial score (nSPS) is 12.8. The highest BCUT2D eigenvalue weighted by Gasteiger charge is 2.22. The van der Waals surface area contributed by atoms with E-state index < -0.39 is 0 Å². The summed E-state index contributed by atoms with van der Waals surface area (Å²) in [7, 11) is 0. The van der Waals surface area contributed by atoms with Gasteiger partial charge in [-0.25, -0.2) is 0 Å². The van der Waals surface area contributed by atoms with Crippen LogP contribution in [0.15, 0.2) is 59.5 Å². The summed E-state index contributed by atoms with van der Waals surface area (Å²) in [6.45, 7) is 3.97. The van der Waals surface area contributed by atoms with E-state index >= 15 is 0 Å². The molecule has 0 saturated heterocycles. The summed E-state index contributed by atoms with van der Waals surface area (Å²) in [6, 6.07) is 17.3. The zero-order chi connectivity index (χ0) is 15.9. The third kappa shape index (κ3) is 5.57. The lowest BCUT2D eigenvalue weighted by atomic mass is 9.94. The van der Waals surface area contributed by atoms with Gasteiger partial charge in [-0.1, -0.05) is 50.2 Å². The lowest BCUT2D eigenvalue weighted by molar-refractivity contribution is -0.120. The van der Waals surface area contributed by atoms with E-state index in [2.05, 4.69) is 12.2 Å². The molecule has 0 fully saturated rings. The van der Waals surface area contributed by atoms with Crippen molar-refractivity contribution in [2.45, 2.75) is 24.8 Å². The van der Waals surface area contributed by atoms with Gasteiger partial charge in [0, 0.05) is 16.6 Å². The first-order valence-corrected chi connectivity index (χ1v) is 8.44. The standard InChI is InChI=1S/C18H22N2OS.ClH/c1-3-22-16-11-7-10-15(12-16)20-18(21)13(2)17(19)14-8-5-4-6-9-14;/h4-13,17H,3,19H2,1-2H3,(H,20,21);1H. The second-order valence-corrected chi connectivity index (χ2v) is 6.51. The lowest BCUT2D eigenvalue weighted by Gasteiger charge is -2.20. The molecule has 0 aromatic heterocycles. The summed E-state index contributed by atoms with van der Waals surface area (Å²) in [5, 5.41) is 2.96. The van der Waals surface area contributed by atoms with Gasteiger partial charge in [0.1, 0.15) is 0 Å². The Morgan fingerprint density at radius 2 is 1.87 bits per heavy atom. The maximum absolute atomic E-state index is 12.4. The third-order valence-electron chi connectivity index (χ3n) is 3.55. The molecule has 0 spiro atoms. The van der Waals surface area contributed by atoms with Gasteiger partial charge >= 0.3 is 0 Å². The van der Waals surface area contributed by atoms with Gasteiger partial charge < -0.3 is 11.1 Å². The number of halogens is 1. The molecule has 0 radical (unpaired) electrons. The van der Waals surface area contributed by atoms with Crippen molar-refractivity contribution in [3.05, 3.63) is 60.2 Å². The van der Waals surface area contributed by atoms with Gasteiger partial charge in [-0.2, -0.15) is 0 Å². The second kappa shape index (κ2) is 9.60. The Balaban J connectivity index is 0.00000264. The minimum absolute atomic E-state index is 0. The molecule has 0 aliphatic heterocycles. The fraction of sp³-hybridized carbons (Fsp3) is 0.278. The van der Waals surface area contributed by atoms with Crippen molar-refractivity contribution in [2.24, 2.45) is 11.7 Å². The summed E-state index contributed by atoms with van der Waals surface area (Å²) in [5.74, 6) is 0.645. The van der Waals surface area contributed by atoms with Gasteiger partial charge in [0.05, 0.1) is 5.92 Å². The Morgan fingerprint density at radius 3 is 2.52 bits per heavy atom. The first kappa shape index (κ1) is 19.6. The van der Waals surface area contributed by atoms with Crippen LogP contribution in [0.4, 0.5) is 5.69 Å². The summed E-state index contributed by atoms with van der Waals surface area (Å²) in [4.78, 5) is 13.6. The molecule has 0 bridgehead atoms. The topological polar surface area (TPSA) is 55.1 Å². The van der Waals surface area contributed by atoms with Crippen LogP contribution in [0.2, 0.25) is 0 Å². The van der Waals surface area contributed by atoms with Crippen molar-refractivity contribution in [1.82, 2.24) is 0 Å². The van der Waals surface area contributed by atoms with E-state index in [1.807, 2.05) is 61.5 Å². The Bertz CT molecular complexity index is 621. The molecular formula is C18H23ClN2OS. The minimum Gasteiger partial charge on any atom is -0.326 e.